The van der Waals surface area contributed by atoms with Crippen molar-refractivity contribution in [2.24, 2.45) is 0 Å². The first-order valence-corrected chi connectivity index (χ1v) is 8.92. The Morgan fingerprint density at radius 3 is 2.73 bits per heavy atom. The van der Waals surface area contributed by atoms with Crippen LogP contribution in [0.4, 0.5) is 13.2 Å². The lowest BCUT2D eigenvalue weighted by Crippen LogP contribution is -2.21. The lowest BCUT2D eigenvalue weighted by Gasteiger charge is -2.21. The number of alkyl halides is 3. The van der Waals surface area contributed by atoms with Gasteiger partial charge in [0.1, 0.15) is 0 Å². The average Bonchev–Trinajstić information content (AvgIpc) is 3.26. The molecule has 0 aliphatic carbocycles. The fourth-order valence-corrected chi connectivity index (χ4v) is 3.41. The molecule has 0 amide bonds. The van der Waals surface area contributed by atoms with Crippen LogP contribution < -0.4 is 0 Å². The Morgan fingerprint density at radius 1 is 1.23 bits per heavy atom. The summed E-state index contributed by atoms with van der Waals surface area (Å²) in [5, 5.41) is 5.91. The number of aromatic nitrogens is 2. The van der Waals surface area contributed by atoms with Gasteiger partial charge in [-0.05, 0) is 37.0 Å². The maximum absolute atomic E-state index is 12.8. The summed E-state index contributed by atoms with van der Waals surface area (Å²) < 4.78 is 43.6. The molecule has 3 rings (SSSR count). The molecule has 0 N–H and O–H groups in total. The van der Waals surface area contributed by atoms with E-state index in [1.165, 1.54) is 10.9 Å². The lowest BCUT2D eigenvalue weighted by atomic mass is 10.1. The van der Waals surface area contributed by atoms with Gasteiger partial charge in [-0.3, -0.25) is 4.90 Å². The number of nitrogens with zero attached hydrogens (tertiary/aromatic N) is 3. The Morgan fingerprint density at radius 2 is 2.04 bits per heavy atom. The van der Waals surface area contributed by atoms with E-state index >= 15 is 0 Å². The highest BCUT2D eigenvalue weighted by molar-refractivity contribution is 7.10. The van der Waals surface area contributed by atoms with Gasteiger partial charge in [-0.15, -0.1) is 11.3 Å². The van der Waals surface area contributed by atoms with E-state index < -0.39 is 11.7 Å². The van der Waals surface area contributed by atoms with Crippen molar-refractivity contribution in [1.82, 2.24) is 15.0 Å². The molecular formula is C18H18F3N3OS. The zero-order chi connectivity index (χ0) is 18.7. The van der Waals surface area contributed by atoms with E-state index in [0.29, 0.717) is 23.8 Å². The van der Waals surface area contributed by atoms with Crippen LogP contribution >= 0.6 is 11.3 Å². The normalized spacial score (nSPS) is 13.3. The molecule has 0 fully saturated rings. The Hall–Kier alpha value is -2.19. The summed E-state index contributed by atoms with van der Waals surface area (Å²) in [7, 11) is 1.96. The summed E-state index contributed by atoms with van der Waals surface area (Å²) in [6.07, 6.45) is -4.17. The van der Waals surface area contributed by atoms with Crippen LogP contribution in [0.15, 0.2) is 46.3 Å². The third kappa shape index (κ3) is 4.50. The predicted molar refractivity (Wildman–Crippen MR) is 92.7 cm³/mol. The van der Waals surface area contributed by atoms with E-state index in [1.807, 2.05) is 18.5 Å². The van der Waals surface area contributed by atoms with Gasteiger partial charge < -0.3 is 4.52 Å². The molecule has 0 spiro atoms. The Labute approximate surface area is 153 Å². The second-order valence-electron chi connectivity index (χ2n) is 6.09. The first-order chi connectivity index (χ1) is 12.3. The quantitative estimate of drug-likeness (QED) is 0.607. The average molecular weight is 381 g/mol. The topological polar surface area (TPSA) is 42.2 Å². The molecule has 2 heterocycles. The van der Waals surface area contributed by atoms with Crippen LogP contribution in [0.3, 0.4) is 0 Å². The molecule has 138 valence electrons. The van der Waals surface area contributed by atoms with Gasteiger partial charge in [0.15, 0.2) is 5.82 Å². The van der Waals surface area contributed by atoms with Crippen LogP contribution in [0.5, 0.6) is 0 Å². The van der Waals surface area contributed by atoms with E-state index in [0.717, 1.165) is 12.1 Å². The molecule has 0 saturated carbocycles. The minimum atomic E-state index is -4.36. The van der Waals surface area contributed by atoms with Crippen LogP contribution in [0.1, 0.15) is 40.7 Å². The molecule has 0 bridgehead atoms. The maximum atomic E-state index is 12.8. The van der Waals surface area contributed by atoms with Crippen molar-refractivity contribution in [3.05, 3.63) is 69.5 Å². The van der Waals surface area contributed by atoms with Crippen LogP contribution in [0.2, 0.25) is 0 Å². The Bertz CT molecular complexity index is 845. The maximum Gasteiger partial charge on any atom is 0.416 e. The third-order valence-electron chi connectivity index (χ3n) is 4.13. The number of benzene rings is 1. The van der Waals surface area contributed by atoms with Crippen LogP contribution in [-0.2, 0) is 19.1 Å². The highest BCUT2D eigenvalue weighted by Crippen LogP contribution is 2.30. The van der Waals surface area contributed by atoms with Gasteiger partial charge in [0.2, 0.25) is 5.89 Å². The Balaban J connectivity index is 1.65. The Kier molecular flexibility index (Phi) is 5.43. The molecular weight excluding hydrogens is 363 g/mol. The number of rotatable bonds is 6. The van der Waals surface area contributed by atoms with E-state index in [4.69, 9.17) is 4.52 Å². The fraction of sp³-hybridized carbons (Fsp3) is 0.333. The summed E-state index contributed by atoms with van der Waals surface area (Å²) in [4.78, 5) is 7.61. The second-order valence-corrected chi connectivity index (χ2v) is 7.07. The van der Waals surface area contributed by atoms with Crippen molar-refractivity contribution < 1.29 is 17.7 Å². The van der Waals surface area contributed by atoms with Crippen molar-refractivity contribution in [3.8, 4) is 0 Å². The predicted octanol–water partition coefficient (Wildman–Crippen LogP) is 4.93. The first-order valence-electron chi connectivity index (χ1n) is 8.04. The third-order valence-corrected chi connectivity index (χ3v) is 5.17. The minimum absolute atomic E-state index is 0.192. The molecule has 0 aliphatic heterocycles. The molecule has 26 heavy (non-hydrogen) atoms. The number of thiophene rings is 1. The SMILES string of the molecule is CC(c1cccs1)N(C)Cc1nc(Cc2cccc(C(F)(F)F)c2)no1. The zero-order valence-corrected chi connectivity index (χ0v) is 15.1. The van der Waals surface area contributed by atoms with Crippen molar-refractivity contribution >= 4 is 11.3 Å². The molecule has 4 nitrogen and oxygen atoms in total. The first kappa shape index (κ1) is 18.6. The highest BCUT2D eigenvalue weighted by atomic mass is 32.1. The molecule has 1 aromatic carbocycles. The van der Waals surface area contributed by atoms with Crippen molar-refractivity contribution in [2.45, 2.75) is 32.1 Å². The smallest absolute Gasteiger partial charge is 0.338 e. The standard InChI is InChI=1S/C18H18F3N3OS/c1-12(15-7-4-8-26-15)24(2)11-17-22-16(23-25-17)10-13-5-3-6-14(9-13)18(19,20)21/h3-9,12H,10-11H2,1-2H3. The zero-order valence-electron chi connectivity index (χ0n) is 14.3. The number of hydrogen-bond donors (Lipinski definition) is 0. The molecule has 2 aromatic heterocycles. The van der Waals surface area contributed by atoms with Crippen LogP contribution in [0, 0.1) is 0 Å². The molecule has 0 saturated heterocycles. The molecule has 8 heteroatoms. The molecule has 0 aliphatic rings. The van der Waals surface area contributed by atoms with E-state index in [1.54, 1.807) is 17.4 Å². The summed E-state index contributed by atoms with van der Waals surface area (Å²) in [5.74, 6) is 0.814. The van der Waals surface area contributed by atoms with Gasteiger partial charge in [-0.25, -0.2) is 0 Å². The number of hydrogen-bond acceptors (Lipinski definition) is 5. The molecule has 1 unspecified atom stereocenters. The van der Waals surface area contributed by atoms with Crippen LogP contribution in [-0.4, -0.2) is 22.1 Å². The van der Waals surface area contributed by atoms with Gasteiger partial charge >= 0.3 is 6.18 Å². The van der Waals surface area contributed by atoms with Gasteiger partial charge in [-0.1, -0.05) is 29.4 Å². The van der Waals surface area contributed by atoms with E-state index in [-0.39, 0.29) is 12.5 Å². The van der Waals surface area contributed by atoms with Crippen molar-refractivity contribution in [2.75, 3.05) is 7.05 Å². The summed E-state index contributed by atoms with van der Waals surface area (Å²) in [6.45, 7) is 2.56. The van der Waals surface area contributed by atoms with Crippen molar-refractivity contribution in [3.63, 3.8) is 0 Å². The summed E-state index contributed by atoms with van der Waals surface area (Å²) in [6, 6.07) is 9.44. The van der Waals surface area contributed by atoms with Gasteiger partial charge in [0.05, 0.1) is 12.1 Å². The van der Waals surface area contributed by atoms with Gasteiger partial charge in [-0.2, -0.15) is 18.2 Å². The monoisotopic (exact) mass is 381 g/mol. The summed E-state index contributed by atoms with van der Waals surface area (Å²) in [5.41, 5.74) is -0.185. The van der Waals surface area contributed by atoms with E-state index in [2.05, 4.69) is 28.0 Å². The van der Waals surface area contributed by atoms with Gasteiger partial charge in [0, 0.05) is 17.3 Å². The minimum Gasteiger partial charge on any atom is -0.338 e. The van der Waals surface area contributed by atoms with Crippen LogP contribution in [0.25, 0.3) is 0 Å². The lowest BCUT2D eigenvalue weighted by molar-refractivity contribution is -0.137. The molecule has 1 atom stereocenters. The van der Waals surface area contributed by atoms with Gasteiger partial charge in [0.25, 0.3) is 0 Å². The molecule has 3 aromatic rings. The van der Waals surface area contributed by atoms with E-state index in [9.17, 15) is 13.2 Å². The van der Waals surface area contributed by atoms with Crippen molar-refractivity contribution in [1.29, 1.82) is 0 Å². The largest absolute Gasteiger partial charge is 0.416 e. The second kappa shape index (κ2) is 7.59. The fourth-order valence-electron chi connectivity index (χ4n) is 2.56. The number of halogens is 3. The summed E-state index contributed by atoms with van der Waals surface area (Å²) >= 11 is 1.68. The molecule has 0 radical (unpaired) electrons. The highest BCUT2D eigenvalue weighted by Gasteiger charge is 2.30.